The van der Waals surface area contributed by atoms with Crippen molar-refractivity contribution in [2.75, 3.05) is 7.11 Å². The number of nitrogens with two attached hydrogens (primary N) is 1. The molecule has 3 rings (SSSR count). The molecule has 0 aliphatic heterocycles. The molecule has 0 unspecified atom stereocenters. The summed E-state index contributed by atoms with van der Waals surface area (Å²) < 4.78 is 10.6. The first-order valence-electron chi connectivity index (χ1n) is 7.52. The third-order valence-corrected chi connectivity index (χ3v) is 4.18. The van der Waals surface area contributed by atoms with Crippen LogP contribution < -0.4 is 10.5 Å². The van der Waals surface area contributed by atoms with Crippen molar-refractivity contribution in [1.29, 1.82) is 0 Å². The summed E-state index contributed by atoms with van der Waals surface area (Å²) in [6, 6.07) is 6.11. The molecule has 0 radical (unpaired) electrons. The molecule has 0 atom stereocenters. The Balaban J connectivity index is 1.95. The quantitative estimate of drug-likeness (QED) is 0.934. The van der Waals surface area contributed by atoms with Crippen molar-refractivity contribution in [3.63, 3.8) is 0 Å². The number of rotatable bonds is 4. The molecule has 1 aromatic heterocycles. The first-order chi connectivity index (χ1) is 10.3. The number of nitrogens with zero attached hydrogens (tertiary/aromatic N) is 2. The smallest absolute Gasteiger partial charge is 0.240 e. The van der Waals surface area contributed by atoms with E-state index in [0.717, 1.165) is 11.3 Å². The van der Waals surface area contributed by atoms with Crippen LogP contribution in [-0.4, -0.2) is 17.3 Å². The summed E-state index contributed by atoms with van der Waals surface area (Å²) in [5.41, 5.74) is 7.73. The van der Waals surface area contributed by atoms with Crippen molar-refractivity contribution in [3.8, 4) is 17.1 Å². The maximum absolute atomic E-state index is 5.53. The Kier molecular flexibility index (Phi) is 4.20. The lowest BCUT2D eigenvalue weighted by Gasteiger charge is -2.24. The van der Waals surface area contributed by atoms with Crippen molar-refractivity contribution in [1.82, 2.24) is 10.1 Å². The van der Waals surface area contributed by atoms with Crippen LogP contribution in [0.2, 0.25) is 0 Å². The molecule has 1 aliphatic rings. The molecule has 2 aromatic rings. The van der Waals surface area contributed by atoms with E-state index in [9.17, 15) is 0 Å². The molecule has 112 valence electrons. The standard InChI is InChI=1S/C16H21N3O2/c1-20-14-8-7-12(16-18-15(10-17)21-19-16)9-13(14)11-5-3-2-4-6-11/h7-9,11H,2-6,10,17H2,1H3. The number of hydrogen-bond acceptors (Lipinski definition) is 5. The summed E-state index contributed by atoms with van der Waals surface area (Å²) >= 11 is 0. The highest BCUT2D eigenvalue weighted by atomic mass is 16.5. The van der Waals surface area contributed by atoms with Gasteiger partial charge in [0.05, 0.1) is 13.7 Å². The molecular formula is C16H21N3O2. The lowest BCUT2D eigenvalue weighted by Crippen LogP contribution is -2.06. The predicted molar refractivity (Wildman–Crippen MR) is 80.0 cm³/mol. The van der Waals surface area contributed by atoms with Gasteiger partial charge in [0.2, 0.25) is 11.7 Å². The minimum atomic E-state index is 0.263. The Morgan fingerprint density at radius 2 is 2.10 bits per heavy atom. The monoisotopic (exact) mass is 287 g/mol. The molecule has 0 spiro atoms. The minimum absolute atomic E-state index is 0.263. The summed E-state index contributed by atoms with van der Waals surface area (Å²) in [6.45, 7) is 0.263. The number of hydrogen-bond donors (Lipinski definition) is 1. The molecule has 0 bridgehead atoms. The average molecular weight is 287 g/mol. The Bertz CT molecular complexity index is 603. The lowest BCUT2D eigenvalue weighted by molar-refractivity contribution is 0.380. The van der Waals surface area contributed by atoms with Crippen molar-refractivity contribution < 1.29 is 9.26 Å². The second-order valence-electron chi connectivity index (χ2n) is 5.51. The number of aromatic nitrogens is 2. The lowest BCUT2D eigenvalue weighted by atomic mass is 9.83. The van der Waals surface area contributed by atoms with Crippen LogP contribution in [0.3, 0.4) is 0 Å². The zero-order chi connectivity index (χ0) is 14.7. The van der Waals surface area contributed by atoms with Gasteiger partial charge in [-0.15, -0.1) is 0 Å². The van der Waals surface area contributed by atoms with Gasteiger partial charge in [-0.2, -0.15) is 4.98 Å². The van der Waals surface area contributed by atoms with E-state index < -0.39 is 0 Å². The van der Waals surface area contributed by atoms with Crippen LogP contribution in [0.25, 0.3) is 11.4 Å². The first kappa shape index (κ1) is 14.1. The van der Waals surface area contributed by atoms with Gasteiger partial charge < -0.3 is 15.0 Å². The second kappa shape index (κ2) is 6.26. The van der Waals surface area contributed by atoms with Crippen LogP contribution in [0, 0.1) is 0 Å². The van der Waals surface area contributed by atoms with Crippen LogP contribution in [0.15, 0.2) is 22.7 Å². The van der Waals surface area contributed by atoms with E-state index in [4.69, 9.17) is 15.0 Å². The molecule has 5 heteroatoms. The molecule has 1 aromatic carbocycles. The van der Waals surface area contributed by atoms with Gasteiger partial charge >= 0.3 is 0 Å². The Morgan fingerprint density at radius 1 is 1.29 bits per heavy atom. The normalized spacial score (nSPS) is 16.1. The van der Waals surface area contributed by atoms with E-state index in [-0.39, 0.29) is 6.54 Å². The zero-order valence-corrected chi connectivity index (χ0v) is 12.3. The van der Waals surface area contributed by atoms with E-state index in [2.05, 4.69) is 16.2 Å². The topological polar surface area (TPSA) is 74.2 Å². The summed E-state index contributed by atoms with van der Waals surface area (Å²) in [7, 11) is 1.72. The van der Waals surface area contributed by atoms with Gasteiger partial charge in [0.25, 0.3) is 0 Å². The minimum Gasteiger partial charge on any atom is -0.496 e. The molecule has 0 saturated heterocycles. The number of benzene rings is 1. The van der Waals surface area contributed by atoms with E-state index in [0.29, 0.717) is 17.6 Å². The molecule has 0 amide bonds. The van der Waals surface area contributed by atoms with Crippen LogP contribution >= 0.6 is 0 Å². The van der Waals surface area contributed by atoms with Gasteiger partial charge in [-0.25, -0.2) is 0 Å². The van der Waals surface area contributed by atoms with Crippen LogP contribution in [0.1, 0.15) is 49.5 Å². The summed E-state index contributed by atoms with van der Waals surface area (Å²) in [5.74, 6) is 2.57. The summed E-state index contributed by atoms with van der Waals surface area (Å²) in [5, 5.41) is 3.99. The Hall–Kier alpha value is -1.88. The van der Waals surface area contributed by atoms with Gasteiger partial charge in [-0.1, -0.05) is 24.4 Å². The fraction of sp³-hybridized carbons (Fsp3) is 0.500. The predicted octanol–water partition coefficient (Wildman–Crippen LogP) is 3.25. The molecular weight excluding hydrogens is 266 g/mol. The van der Waals surface area contributed by atoms with Crippen molar-refractivity contribution in [2.45, 2.75) is 44.6 Å². The SMILES string of the molecule is COc1ccc(-c2noc(CN)n2)cc1C1CCCCC1. The van der Waals surface area contributed by atoms with Crippen LogP contribution in [-0.2, 0) is 6.54 Å². The van der Waals surface area contributed by atoms with Crippen LogP contribution in [0.4, 0.5) is 0 Å². The van der Waals surface area contributed by atoms with E-state index >= 15 is 0 Å². The van der Waals surface area contributed by atoms with Gasteiger partial charge in [-0.3, -0.25) is 0 Å². The fourth-order valence-corrected chi connectivity index (χ4v) is 3.06. The van der Waals surface area contributed by atoms with Gasteiger partial charge in [0.15, 0.2) is 0 Å². The molecule has 1 aliphatic carbocycles. The number of ether oxygens (including phenoxy) is 1. The summed E-state index contributed by atoms with van der Waals surface area (Å²) in [4.78, 5) is 4.30. The van der Waals surface area contributed by atoms with Crippen molar-refractivity contribution in [2.24, 2.45) is 5.73 Å². The van der Waals surface area contributed by atoms with E-state index in [1.54, 1.807) is 7.11 Å². The third kappa shape index (κ3) is 2.93. The van der Waals surface area contributed by atoms with Gasteiger partial charge in [-0.05, 0) is 42.5 Å². The highest BCUT2D eigenvalue weighted by molar-refractivity contribution is 5.59. The van der Waals surface area contributed by atoms with E-state index in [1.807, 2.05) is 12.1 Å². The molecule has 2 N–H and O–H groups in total. The highest BCUT2D eigenvalue weighted by Gasteiger charge is 2.20. The molecule has 1 fully saturated rings. The molecule has 1 saturated carbocycles. The van der Waals surface area contributed by atoms with Crippen molar-refractivity contribution in [3.05, 3.63) is 29.7 Å². The fourth-order valence-electron chi connectivity index (χ4n) is 3.06. The Morgan fingerprint density at radius 3 is 2.76 bits per heavy atom. The van der Waals surface area contributed by atoms with E-state index in [1.165, 1.54) is 37.7 Å². The maximum atomic E-state index is 5.53. The van der Waals surface area contributed by atoms with Crippen molar-refractivity contribution >= 4 is 0 Å². The number of methoxy groups -OCH3 is 1. The Labute approximate surface area is 124 Å². The van der Waals surface area contributed by atoms with Gasteiger partial charge in [0.1, 0.15) is 5.75 Å². The molecule has 21 heavy (non-hydrogen) atoms. The molecule has 1 heterocycles. The third-order valence-electron chi connectivity index (χ3n) is 4.18. The van der Waals surface area contributed by atoms with Gasteiger partial charge in [0, 0.05) is 5.56 Å². The first-order valence-corrected chi connectivity index (χ1v) is 7.52. The maximum Gasteiger partial charge on any atom is 0.240 e. The highest BCUT2D eigenvalue weighted by Crippen LogP contribution is 2.39. The molecule has 5 nitrogen and oxygen atoms in total. The van der Waals surface area contributed by atoms with Crippen LogP contribution in [0.5, 0.6) is 5.75 Å². The second-order valence-corrected chi connectivity index (χ2v) is 5.51. The zero-order valence-electron chi connectivity index (χ0n) is 12.3. The largest absolute Gasteiger partial charge is 0.496 e. The summed E-state index contributed by atoms with van der Waals surface area (Å²) in [6.07, 6.45) is 6.36. The average Bonchev–Trinajstić information content (AvgIpc) is 3.04.